The van der Waals surface area contributed by atoms with E-state index in [1.54, 1.807) is 0 Å². The van der Waals surface area contributed by atoms with Gasteiger partial charge in [-0.2, -0.15) is 0 Å². The lowest BCUT2D eigenvalue weighted by Crippen LogP contribution is -2.14. The van der Waals surface area contributed by atoms with E-state index in [1.807, 2.05) is 61.5 Å². The average molecular weight is 386 g/mol. The SMILES string of the molecule is Cc1cc(Nc2ccc(NC(=O)Cc3ccc(Br)cc3)cc2)no1. The van der Waals surface area contributed by atoms with Crippen LogP contribution in [0.1, 0.15) is 11.3 Å². The van der Waals surface area contributed by atoms with E-state index in [1.165, 1.54) is 0 Å². The van der Waals surface area contributed by atoms with Gasteiger partial charge in [0.15, 0.2) is 5.82 Å². The Bertz CT molecular complexity index is 826. The molecule has 1 amide bonds. The first-order valence-corrected chi connectivity index (χ1v) is 8.22. The molecule has 0 saturated carbocycles. The van der Waals surface area contributed by atoms with Crippen LogP contribution in [-0.2, 0) is 11.2 Å². The van der Waals surface area contributed by atoms with Crippen LogP contribution in [0, 0.1) is 6.92 Å². The summed E-state index contributed by atoms with van der Waals surface area (Å²) in [5.41, 5.74) is 2.59. The summed E-state index contributed by atoms with van der Waals surface area (Å²) >= 11 is 3.38. The number of amides is 1. The Morgan fingerprint density at radius 1 is 1.08 bits per heavy atom. The normalized spacial score (nSPS) is 10.4. The number of anilines is 3. The molecule has 0 aliphatic carbocycles. The maximum absolute atomic E-state index is 12.1. The molecule has 5 nitrogen and oxygen atoms in total. The van der Waals surface area contributed by atoms with E-state index in [0.29, 0.717) is 12.2 Å². The van der Waals surface area contributed by atoms with Crippen molar-refractivity contribution in [3.63, 3.8) is 0 Å². The number of hydrogen-bond acceptors (Lipinski definition) is 4. The van der Waals surface area contributed by atoms with Crippen LogP contribution >= 0.6 is 15.9 Å². The number of benzene rings is 2. The van der Waals surface area contributed by atoms with Crippen LogP contribution in [0.25, 0.3) is 0 Å². The number of aromatic nitrogens is 1. The van der Waals surface area contributed by atoms with Gasteiger partial charge in [-0.05, 0) is 48.9 Å². The third kappa shape index (κ3) is 4.45. The molecule has 0 saturated heterocycles. The van der Waals surface area contributed by atoms with E-state index >= 15 is 0 Å². The summed E-state index contributed by atoms with van der Waals surface area (Å²) in [5.74, 6) is 1.35. The molecule has 0 bridgehead atoms. The van der Waals surface area contributed by atoms with Crippen LogP contribution < -0.4 is 10.6 Å². The highest BCUT2D eigenvalue weighted by molar-refractivity contribution is 9.10. The molecule has 0 atom stereocenters. The second-order valence-corrected chi connectivity index (χ2v) is 6.29. The van der Waals surface area contributed by atoms with Crippen LogP contribution in [0.3, 0.4) is 0 Å². The van der Waals surface area contributed by atoms with E-state index in [2.05, 4.69) is 31.7 Å². The summed E-state index contributed by atoms with van der Waals surface area (Å²) in [7, 11) is 0. The molecule has 1 heterocycles. The summed E-state index contributed by atoms with van der Waals surface area (Å²) in [4.78, 5) is 12.1. The number of nitrogens with one attached hydrogen (secondary N) is 2. The Labute approximate surface area is 148 Å². The first kappa shape index (κ1) is 16.3. The molecule has 3 rings (SSSR count). The predicted molar refractivity (Wildman–Crippen MR) is 97.4 cm³/mol. The highest BCUT2D eigenvalue weighted by Gasteiger charge is 2.05. The minimum atomic E-state index is -0.0508. The molecule has 0 unspecified atom stereocenters. The molecule has 0 aliphatic rings. The molecular weight excluding hydrogens is 370 g/mol. The van der Waals surface area contributed by atoms with Crippen molar-refractivity contribution in [1.82, 2.24) is 5.16 Å². The topological polar surface area (TPSA) is 67.2 Å². The zero-order valence-electron chi connectivity index (χ0n) is 13.0. The Balaban J connectivity index is 1.57. The Morgan fingerprint density at radius 3 is 2.38 bits per heavy atom. The smallest absolute Gasteiger partial charge is 0.228 e. The molecule has 2 N–H and O–H groups in total. The van der Waals surface area contributed by atoms with Crippen LogP contribution in [0.5, 0.6) is 0 Å². The highest BCUT2D eigenvalue weighted by Crippen LogP contribution is 2.19. The van der Waals surface area contributed by atoms with Gasteiger partial charge in [-0.3, -0.25) is 4.79 Å². The largest absolute Gasteiger partial charge is 0.360 e. The van der Waals surface area contributed by atoms with Crippen molar-refractivity contribution in [1.29, 1.82) is 0 Å². The highest BCUT2D eigenvalue weighted by atomic mass is 79.9. The molecule has 0 radical (unpaired) electrons. The minimum absolute atomic E-state index is 0.0508. The molecule has 24 heavy (non-hydrogen) atoms. The minimum Gasteiger partial charge on any atom is -0.360 e. The first-order chi connectivity index (χ1) is 11.6. The van der Waals surface area contributed by atoms with Crippen molar-refractivity contribution in [2.75, 3.05) is 10.6 Å². The van der Waals surface area contributed by atoms with Gasteiger partial charge in [0.2, 0.25) is 5.91 Å². The Kier molecular flexibility index (Phi) is 4.96. The van der Waals surface area contributed by atoms with E-state index in [9.17, 15) is 4.79 Å². The average Bonchev–Trinajstić information content (AvgIpc) is 2.96. The van der Waals surface area contributed by atoms with Gasteiger partial charge < -0.3 is 15.2 Å². The number of hydrogen-bond donors (Lipinski definition) is 2. The molecule has 3 aromatic rings. The molecule has 1 aromatic heterocycles. The number of aryl methyl sites for hydroxylation is 1. The lowest BCUT2D eigenvalue weighted by molar-refractivity contribution is -0.115. The van der Waals surface area contributed by atoms with Gasteiger partial charge in [-0.25, -0.2) is 0 Å². The maximum atomic E-state index is 12.1. The van der Waals surface area contributed by atoms with Crippen molar-refractivity contribution >= 4 is 39.0 Å². The van der Waals surface area contributed by atoms with Gasteiger partial charge in [0, 0.05) is 21.9 Å². The van der Waals surface area contributed by atoms with Gasteiger partial charge >= 0.3 is 0 Å². The third-order valence-electron chi connectivity index (χ3n) is 3.35. The molecular formula is C18H16BrN3O2. The summed E-state index contributed by atoms with van der Waals surface area (Å²) < 4.78 is 6.00. The quantitative estimate of drug-likeness (QED) is 0.669. The van der Waals surface area contributed by atoms with Crippen LogP contribution in [0.2, 0.25) is 0 Å². The second kappa shape index (κ2) is 7.31. The van der Waals surface area contributed by atoms with Crippen molar-refractivity contribution in [3.05, 3.63) is 70.4 Å². The predicted octanol–water partition coefficient (Wildman–Crippen LogP) is 4.67. The van der Waals surface area contributed by atoms with E-state index in [4.69, 9.17) is 4.52 Å². The Hall–Kier alpha value is -2.60. The number of nitrogens with zero attached hydrogens (tertiary/aromatic N) is 1. The van der Waals surface area contributed by atoms with Crippen LogP contribution in [0.4, 0.5) is 17.2 Å². The summed E-state index contributed by atoms with van der Waals surface area (Å²) in [6.45, 7) is 1.84. The molecule has 6 heteroatoms. The monoisotopic (exact) mass is 385 g/mol. The maximum Gasteiger partial charge on any atom is 0.228 e. The van der Waals surface area contributed by atoms with Crippen LogP contribution in [-0.4, -0.2) is 11.1 Å². The second-order valence-electron chi connectivity index (χ2n) is 5.38. The zero-order valence-corrected chi connectivity index (χ0v) is 14.6. The fourth-order valence-corrected chi connectivity index (χ4v) is 2.47. The fourth-order valence-electron chi connectivity index (χ4n) is 2.20. The van der Waals surface area contributed by atoms with E-state index in [0.717, 1.165) is 27.2 Å². The Morgan fingerprint density at radius 2 is 1.75 bits per heavy atom. The van der Waals surface area contributed by atoms with Crippen molar-refractivity contribution in [2.24, 2.45) is 0 Å². The van der Waals surface area contributed by atoms with Gasteiger partial charge in [-0.1, -0.05) is 33.2 Å². The lowest BCUT2D eigenvalue weighted by atomic mass is 10.1. The van der Waals surface area contributed by atoms with Crippen LogP contribution in [0.15, 0.2) is 63.6 Å². The standard InChI is InChI=1S/C18H16BrN3O2/c1-12-10-17(22-24-12)20-15-6-8-16(9-7-15)21-18(23)11-13-2-4-14(19)5-3-13/h2-10H,11H2,1H3,(H,20,22)(H,21,23). The first-order valence-electron chi connectivity index (χ1n) is 7.43. The van der Waals surface area contributed by atoms with E-state index < -0.39 is 0 Å². The van der Waals surface area contributed by atoms with Crippen molar-refractivity contribution in [3.8, 4) is 0 Å². The van der Waals surface area contributed by atoms with Gasteiger partial charge in [0.05, 0.1) is 6.42 Å². The third-order valence-corrected chi connectivity index (χ3v) is 3.88. The number of halogens is 1. The summed E-state index contributed by atoms with van der Waals surface area (Å²) in [6.07, 6.45) is 0.339. The van der Waals surface area contributed by atoms with Gasteiger partial charge in [0.1, 0.15) is 5.76 Å². The number of carbonyl (C=O) groups excluding carboxylic acids is 1. The molecule has 2 aromatic carbocycles. The lowest BCUT2D eigenvalue weighted by Gasteiger charge is -2.07. The van der Waals surface area contributed by atoms with E-state index in [-0.39, 0.29) is 5.91 Å². The summed E-state index contributed by atoms with van der Waals surface area (Å²) in [6, 6.07) is 17.0. The van der Waals surface area contributed by atoms with Gasteiger partial charge in [0.25, 0.3) is 0 Å². The fraction of sp³-hybridized carbons (Fsp3) is 0.111. The van der Waals surface area contributed by atoms with Crippen molar-refractivity contribution in [2.45, 2.75) is 13.3 Å². The number of carbonyl (C=O) groups is 1. The summed E-state index contributed by atoms with van der Waals surface area (Å²) in [5, 5.41) is 9.89. The van der Waals surface area contributed by atoms with Crippen molar-refractivity contribution < 1.29 is 9.32 Å². The van der Waals surface area contributed by atoms with Gasteiger partial charge in [-0.15, -0.1) is 0 Å². The molecule has 122 valence electrons. The molecule has 0 fully saturated rings. The molecule has 0 spiro atoms. The number of rotatable bonds is 5. The molecule has 0 aliphatic heterocycles. The zero-order chi connectivity index (χ0) is 16.9.